The quantitative estimate of drug-likeness (QED) is 0.413. The molecule has 1 fully saturated rings. The van der Waals surface area contributed by atoms with Gasteiger partial charge in [-0.15, -0.1) is 5.10 Å². The number of aromatic amines is 1. The maximum Gasteiger partial charge on any atom is 0.253 e. The third-order valence-electron chi connectivity index (χ3n) is 6.76. The minimum Gasteiger partial charge on any atom is -0.468 e. The van der Waals surface area contributed by atoms with Gasteiger partial charge in [-0.05, 0) is 93.1 Å². The van der Waals surface area contributed by atoms with E-state index >= 15 is 0 Å². The van der Waals surface area contributed by atoms with Crippen molar-refractivity contribution in [3.63, 3.8) is 0 Å². The van der Waals surface area contributed by atoms with Crippen LogP contribution in [0.2, 0.25) is 0 Å². The molecule has 190 valence electrons. The molecular weight excluding hydrogens is 456 g/mol. The van der Waals surface area contributed by atoms with E-state index in [1.165, 1.54) is 0 Å². The van der Waals surface area contributed by atoms with E-state index in [1.807, 2.05) is 29.8 Å². The lowest BCUT2D eigenvalue weighted by molar-refractivity contribution is 0.0536. The smallest absolute Gasteiger partial charge is 0.253 e. The van der Waals surface area contributed by atoms with Crippen molar-refractivity contribution in [1.82, 2.24) is 30.1 Å². The second-order valence-corrected chi connectivity index (χ2v) is 10.8. The molecule has 0 saturated carbocycles. The number of hydrogen-bond acceptors (Lipinski definition) is 7. The fourth-order valence-electron chi connectivity index (χ4n) is 5.16. The highest BCUT2D eigenvalue weighted by atomic mass is 16.5. The van der Waals surface area contributed by atoms with Crippen molar-refractivity contribution >= 4 is 10.9 Å². The summed E-state index contributed by atoms with van der Waals surface area (Å²) >= 11 is 0. The van der Waals surface area contributed by atoms with Crippen LogP contribution in [0.5, 0.6) is 0 Å². The molecule has 0 unspecified atom stereocenters. The lowest BCUT2D eigenvalue weighted by atomic mass is 9.99. The highest BCUT2D eigenvalue weighted by Gasteiger charge is 2.35. The molecular formula is C27H34N6O3. The first-order valence-electron chi connectivity index (χ1n) is 12.5. The molecule has 4 aromatic rings. The van der Waals surface area contributed by atoms with E-state index in [0.29, 0.717) is 24.5 Å². The fraction of sp³-hybridized carbons (Fsp3) is 0.481. The zero-order valence-electron chi connectivity index (χ0n) is 21.6. The molecule has 1 saturated heterocycles. The minimum atomic E-state index is -0.512. The molecule has 0 bridgehead atoms. The Labute approximate surface area is 210 Å². The average Bonchev–Trinajstić information content (AvgIpc) is 3.57. The van der Waals surface area contributed by atoms with Crippen molar-refractivity contribution in [2.24, 2.45) is 0 Å². The maximum atomic E-state index is 13.7. The van der Waals surface area contributed by atoms with Crippen LogP contribution in [-0.4, -0.2) is 49.3 Å². The zero-order chi connectivity index (χ0) is 25.4. The number of pyridine rings is 1. The predicted octanol–water partition coefficient (Wildman–Crippen LogP) is 4.25. The van der Waals surface area contributed by atoms with Gasteiger partial charge in [0.05, 0.1) is 30.0 Å². The van der Waals surface area contributed by atoms with E-state index in [9.17, 15) is 4.79 Å². The Hall–Kier alpha value is -3.30. The van der Waals surface area contributed by atoms with Crippen molar-refractivity contribution in [3.05, 3.63) is 75.2 Å². The summed E-state index contributed by atoms with van der Waals surface area (Å²) in [5.74, 6) is 1.41. The summed E-state index contributed by atoms with van der Waals surface area (Å²) in [5.41, 5.74) is 3.09. The monoisotopic (exact) mass is 490 g/mol. The van der Waals surface area contributed by atoms with Crippen LogP contribution in [0, 0.1) is 13.8 Å². The summed E-state index contributed by atoms with van der Waals surface area (Å²) in [6.07, 6.45) is 3.73. The zero-order valence-corrected chi connectivity index (χ0v) is 21.6. The molecule has 0 aliphatic carbocycles. The van der Waals surface area contributed by atoms with Gasteiger partial charge in [-0.3, -0.25) is 9.69 Å². The Bertz CT molecular complexity index is 1390. The number of fused-ring (bicyclic) bond motifs is 1. The number of nitrogens with zero attached hydrogens (tertiary/aromatic N) is 5. The molecule has 1 N–H and O–H groups in total. The first kappa shape index (κ1) is 24.4. The number of aryl methyl sites for hydroxylation is 2. The second kappa shape index (κ2) is 9.63. The maximum absolute atomic E-state index is 13.7. The largest absolute Gasteiger partial charge is 0.468 e. The van der Waals surface area contributed by atoms with Gasteiger partial charge < -0.3 is 14.1 Å². The summed E-state index contributed by atoms with van der Waals surface area (Å²) in [6, 6.07) is 9.48. The molecule has 3 aromatic heterocycles. The van der Waals surface area contributed by atoms with Crippen molar-refractivity contribution in [1.29, 1.82) is 0 Å². The summed E-state index contributed by atoms with van der Waals surface area (Å²) in [7, 11) is 0. The van der Waals surface area contributed by atoms with Crippen LogP contribution in [0.1, 0.15) is 67.9 Å². The number of aromatic nitrogens is 5. The van der Waals surface area contributed by atoms with E-state index in [2.05, 4.69) is 65.2 Å². The third-order valence-corrected chi connectivity index (χ3v) is 6.76. The Kier molecular flexibility index (Phi) is 6.53. The number of hydrogen-bond donors (Lipinski definition) is 1. The number of furan rings is 1. The van der Waals surface area contributed by atoms with Gasteiger partial charge in [0, 0.05) is 18.7 Å². The molecule has 0 spiro atoms. The average molecular weight is 491 g/mol. The number of rotatable bonds is 7. The summed E-state index contributed by atoms with van der Waals surface area (Å²) in [5, 5.41) is 13.8. The van der Waals surface area contributed by atoms with E-state index in [-0.39, 0.29) is 17.2 Å². The van der Waals surface area contributed by atoms with E-state index in [4.69, 9.17) is 9.15 Å². The Balaban J connectivity index is 1.71. The lowest BCUT2D eigenvalue weighted by Gasteiger charge is -2.33. The van der Waals surface area contributed by atoms with Crippen molar-refractivity contribution < 1.29 is 9.15 Å². The summed E-state index contributed by atoms with van der Waals surface area (Å²) in [6.45, 7) is 12.1. The fourth-order valence-corrected chi connectivity index (χ4v) is 5.16. The van der Waals surface area contributed by atoms with Gasteiger partial charge in [-0.1, -0.05) is 11.6 Å². The van der Waals surface area contributed by atoms with E-state index in [0.717, 1.165) is 47.2 Å². The Morgan fingerprint density at radius 3 is 2.78 bits per heavy atom. The first-order valence-corrected chi connectivity index (χ1v) is 12.5. The molecule has 0 radical (unpaired) electrons. The molecule has 1 aliphatic heterocycles. The van der Waals surface area contributed by atoms with Crippen LogP contribution in [0.25, 0.3) is 10.9 Å². The van der Waals surface area contributed by atoms with Gasteiger partial charge in [0.2, 0.25) is 0 Å². The second-order valence-electron chi connectivity index (χ2n) is 10.8. The molecule has 0 amide bonds. The van der Waals surface area contributed by atoms with Gasteiger partial charge in [0.15, 0.2) is 5.82 Å². The van der Waals surface area contributed by atoms with Crippen LogP contribution in [0.4, 0.5) is 0 Å². The van der Waals surface area contributed by atoms with Gasteiger partial charge in [0.1, 0.15) is 11.8 Å². The summed E-state index contributed by atoms with van der Waals surface area (Å²) in [4.78, 5) is 19.1. The number of tetrazole rings is 1. The van der Waals surface area contributed by atoms with Crippen LogP contribution in [0.15, 0.2) is 45.8 Å². The predicted molar refractivity (Wildman–Crippen MR) is 137 cm³/mol. The molecule has 9 nitrogen and oxygen atoms in total. The topological polar surface area (TPSA) is 102 Å². The molecule has 5 rings (SSSR count). The summed E-state index contributed by atoms with van der Waals surface area (Å²) < 4.78 is 13.6. The highest BCUT2D eigenvalue weighted by Crippen LogP contribution is 2.32. The molecule has 4 heterocycles. The molecule has 9 heteroatoms. The van der Waals surface area contributed by atoms with Gasteiger partial charge in [-0.25, -0.2) is 4.68 Å². The van der Waals surface area contributed by atoms with Crippen molar-refractivity contribution in [2.45, 2.75) is 71.7 Å². The minimum absolute atomic E-state index is 0.0606. The van der Waals surface area contributed by atoms with Gasteiger partial charge in [-0.2, -0.15) is 0 Å². The van der Waals surface area contributed by atoms with Crippen LogP contribution in [-0.2, 0) is 16.8 Å². The number of H-pyrrole nitrogens is 1. The highest BCUT2D eigenvalue weighted by molar-refractivity contribution is 5.83. The van der Waals surface area contributed by atoms with Gasteiger partial charge in [0.25, 0.3) is 5.56 Å². The number of nitrogens with one attached hydrogen (secondary N) is 1. The van der Waals surface area contributed by atoms with Crippen LogP contribution >= 0.6 is 0 Å². The molecule has 1 aliphatic rings. The Morgan fingerprint density at radius 2 is 2.08 bits per heavy atom. The first-order chi connectivity index (χ1) is 17.2. The number of ether oxygens (including phenoxy) is 1. The Morgan fingerprint density at radius 1 is 1.25 bits per heavy atom. The molecule has 36 heavy (non-hydrogen) atoms. The van der Waals surface area contributed by atoms with Gasteiger partial charge >= 0.3 is 0 Å². The SMILES string of the molecule is Cc1cc(C)c2[nH]c(=O)c([C@@H](c3nnnn3C(C)(C)C)N(Cc3ccco3)C[C@@H]3CCCO3)cc2c1. The normalized spacial score (nSPS) is 17.3. The standard InChI is InChI=1S/C27H34N6O3/c1-17-12-18(2)23-19(13-17)14-22(26(34)28-23)24(25-29-30-31-33(25)27(3,4)5)32(15-20-8-6-10-35-20)16-21-9-7-11-36-21/h6,8,10,12-14,21,24H,7,9,11,15-16H2,1-5H3,(H,28,34)/t21-,24-/m0/s1. The van der Waals surface area contributed by atoms with E-state index in [1.54, 1.807) is 6.26 Å². The van der Waals surface area contributed by atoms with Crippen LogP contribution in [0.3, 0.4) is 0 Å². The van der Waals surface area contributed by atoms with E-state index < -0.39 is 6.04 Å². The lowest BCUT2D eigenvalue weighted by Crippen LogP contribution is -2.40. The van der Waals surface area contributed by atoms with Crippen LogP contribution < -0.4 is 5.56 Å². The molecule has 1 aromatic carbocycles. The van der Waals surface area contributed by atoms with Crippen molar-refractivity contribution in [2.75, 3.05) is 13.2 Å². The molecule has 2 atom stereocenters. The van der Waals surface area contributed by atoms with Crippen molar-refractivity contribution in [3.8, 4) is 0 Å². The number of benzene rings is 1. The third kappa shape index (κ3) is 4.85.